The summed E-state index contributed by atoms with van der Waals surface area (Å²) < 4.78 is 10.8. The van der Waals surface area contributed by atoms with E-state index < -0.39 is 0 Å². The molecule has 0 bridgehead atoms. The van der Waals surface area contributed by atoms with E-state index in [-0.39, 0.29) is 18.1 Å². The summed E-state index contributed by atoms with van der Waals surface area (Å²) in [6.45, 7) is 4.88. The van der Waals surface area contributed by atoms with Crippen LogP contribution in [0.5, 0.6) is 0 Å². The van der Waals surface area contributed by atoms with Crippen molar-refractivity contribution < 1.29 is 14.3 Å². The molecule has 21 heavy (non-hydrogen) atoms. The third-order valence-corrected chi connectivity index (χ3v) is 5.35. The highest BCUT2D eigenvalue weighted by Crippen LogP contribution is 2.38. The number of carbonyl (C=O) groups is 1. The number of hydrogen-bond acceptors (Lipinski definition) is 4. The van der Waals surface area contributed by atoms with Crippen molar-refractivity contribution in [3.63, 3.8) is 0 Å². The third-order valence-electron chi connectivity index (χ3n) is 5.35. The SMILES string of the molecule is COCC(=O)N1CC2(C[C@H](COCC3CC3)CCN2C)C1. The van der Waals surface area contributed by atoms with Crippen LogP contribution in [-0.4, -0.2) is 74.9 Å². The molecular weight excluding hydrogens is 268 g/mol. The van der Waals surface area contributed by atoms with Crippen LogP contribution in [0, 0.1) is 11.8 Å². The molecule has 0 unspecified atom stereocenters. The first-order valence-corrected chi connectivity index (χ1v) is 8.19. The van der Waals surface area contributed by atoms with E-state index in [1.54, 1.807) is 7.11 Å². The molecule has 1 saturated carbocycles. The molecule has 3 rings (SSSR count). The van der Waals surface area contributed by atoms with E-state index in [2.05, 4.69) is 11.9 Å². The molecular formula is C16H28N2O3. The number of rotatable bonds is 6. The second-order valence-electron chi connectivity index (χ2n) is 7.17. The van der Waals surface area contributed by atoms with Crippen molar-refractivity contribution in [1.29, 1.82) is 0 Å². The number of hydrogen-bond donors (Lipinski definition) is 0. The Labute approximate surface area is 127 Å². The Morgan fingerprint density at radius 3 is 2.57 bits per heavy atom. The largest absolute Gasteiger partial charge is 0.381 e. The molecule has 1 amide bonds. The van der Waals surface area contributed by atoms with Gasteiger partial charge in [0.25, 0.3) is 0 Å². The Hall–Kier alpha value is -0.650. The van der Waals surface area contributed by atoms with Gasteiger partial charge in [-0.25, -0.2) is 0 Å². The minimum Gasteiger partial charge on any atom is -0.381 e. The summed E-state index contributed by atoms with van der Waals surface area (Å²) in [6.07, 6.45) is 5.09. The summed E-state index contributed by atoms with van der Waals surface area (Å²) in [7, 11) is 3.77. The van der Waals surface area contributed by atoms with Crippen LogP contribution < -0.4 is 0 Å². The summed E-state index contributed by atoms with van der Waals surface area (Å²) in [5.41, 5.74) is 0.190. The van der Waals surface area contributed by atoms with Gasteiger partial charge < -0.3 is 14.4 Å². The van der Waals surface area contributed by atoms with Crippen LogP contribution in [0.1, 0.15) is 25.7 Å². The molecule has 0 N–H and O–H groups in total. The van der Waals surface area contributed by atoms with Gasteiger partial charge >= 0.3 is 0 Å². The Bertz CT molecular complexity index is 378. The van der Waals surface area contributed by atoms with E-state index in [4.69, 9.17) is 9.47 Å². The van der Waals surface area contributed by atoms with E-state index >= 15 is 0 Å². The second kappa shape index (κ2) is 6.23. The van der Waals surface area contributed by atoms with Crippen molar-refractivity contribution in [2.24, 2.45) is 11.8 Å². The van der Waals surface area contributed by atoms with Gasteiger partial charge in [-0.2, -0.15) is 0 Å². The van der Waals surface area contributed by atoms with Crippen molar-refractivity contribution >= 4 is 5.91 Å². The quantitative estimate of drug-likeness (QED) is 0.733. The topological polar surface area (TPSA) is 42.0 Å². The fourth-order valence-electron chi connectivity index (χ4n) is 3.66. The molecule has 5 heteroatoms. The lowest BCUT2D eigenvalue weighted by molar-refractivity contribution is -0.154. The first-order valence-electron chi connectivity index (χ1n) is 8.19. The van der Waals surface area contributed by atoms with Crippen molar-refractivity contribution in [3.05, 3.63) is 0 Å². The molecule has 2 saturated heterocycles. The number of amides is 1. The Morgan fingerprint density at radius 2 is 1.90 bits per heavy atom. The highest BCUT2D eigenvalue weighted by molar-refractivity contribution is 5.78. The van der Waals surface area contributed by atoms with Crippen molar-refractivity contribution in [2.75, 3.05) is 53.6 Å². The molecule has 120 valence electrons. The smallest absolute Gasteiger partial charge is 0.248 e. The fraction of sp³-hybridized carbons (Fsp3) is 0.938. The lowest BCUT2D eigenvalue weighted by Gasteiger charge is -2.58. The van der Waals surface area contributed by atoms with E-state index in [1.165, 1.54) is 19.3 Å². The van der Waals surface area contributed by atoms with E-state index in [1.807, 2.05) is 4.90 Å². The summed E-state index contributed by atoms with van der Waals surface area (Å²) in [5.74, 6) is 1.61. The third kappa shape index (κ3) is 3.41. The first-order chi connectivity index (χ1) is 10.1. The maximum Gasteiger partial charge on any atom is 0.248 e. The van der Waals surface area contributed by atoms with Crippen molar-refractivity contribution in [1.82, 2.24) is 9.80 Å². The lowest BCUT2D eigenvalue weighted by atomic mass is 9.75. The van der Waals surface area contributed by atoms with Gasteiger partial charge in [-0.3, -0.25) is 9.69 Å². The summed E-state index contributed by atoms with van der Waals surface area (Å²) in [6, 6.07) is 0. The number of likely N-dealkylation sites (N-methyl/N-ethyl adjacent to an activating group) is 1. The van der Waals surface area contributed by atoms with Crippen LogP contribution in [-0.2, 0) is 14.3 Å². The number of methoxy groups -OCH3 is 1. The molecule has 0 aromatic heterocycles. The fourth-order valence-corrected chi connectivity index (χ4v) is 3.66. The number of piperidine rings is 1. The van der Waals surface area contributed by atoms with Crippen LogP contribution in [0.4, 0.5) is 0 Å². The van der Waals surface area contributed by atoms with Crippen LogP contribution in [0.25, 0.3) is 0 Å². The molecule has 1 atom stereocenters. The Kier molecular flexibility index (Phi) is 4.52. The number of likely N-dealkylation sites (tertiary alicyclic amines) is 2. The molecule has 1 spiro atoms. The van der Waals surface area contributed by atoms with Gasteiger partial charge in [0.1, 0.15) is 6.61 Å². The minimum absolute atomic E-state index is 0.114. The molecule has 1 aliphatic carbocycles. The average Bonchev–Trinajstić information content (AvgIpc) is 3.22. The number of ether oxygens (including phenoxy) is 2. The minimum atomic E-state index is 0.114. The number of carbonyl (C=O) groups excluding carboxylic acids is 1. The standard InChI is InChI=1S/C16H28N2O3/c1-17-6-5-14(9-21-8-13-3-4-13)7-16(17)11-18(12-16)15(19)10-20-2/h13-14H,3-12H2,1-2H3/t14-/m1/s1. The van der Waals surface area contributed by atoms with Gasteiger partial charge in [0.2, 0.25) is 5.91 Å². The zero-order valence-electron chi connectivity index (χ0n) is 13.3. The number of nitrogens with zero attached hydrogens (tertiary/aromatic N) is 2. The zero-order chi connectivity index (χ0) is 14.9. The van der Waals surface area contributed by atoms with Crippen LogP contribution in [0.2, 0.25) is 0 Å². The van der Waals surface area contributed by atoms with Crippen molar-refractivity contribution in [2.45, 2.75) is 31.2 Å². The first kappa shape index (κ1) is 15.3. The van der Waals surface area contributed by atoms with Crippen LogP contribution in [0.15, 0.2) is 0 Å². The van der Waals surface area contributed by atoms with Gasteiger partial charge in [-0.05, 0) is 51.1 Å². The zero-order valence-corrected chi connectivity index (χ0v) is 13.3. The van der Waals surface area contributed by atoms with Crippen molar-refractivity contribution in [3.8, 4) is 0 Å². The Morgan fingerprint density at radius 1 is 1.19 bits per heavy atom. The van der Waals surface area contributed by atoms with Gasteiger partial charge in [0.05, 0.1) is 5.54 Å². The van der Waals surface area contributed by atoms with Crippen LogP contribution >= 0.6 is 0 Å². The molecule has 2 heterocycles. The molecule has 2 aliphatic heterocycles. The monoisotopic (exact) mass is 296 g/mol. The molecule has 0 aromatic rings. The van der Waals surface area contributed by atoms with E-state index in [9.17, 15) is 4.79 Å². The highest BCUT2D eigenvalue weighted by atomic mass is 16.5. The average molecular weight is 296 g/mol. The molecule has 3 fully saturated rings. The predicted molar refractivity (Wildman–Crippen MR) is 80.1 cm³/mol. The summed E-state index contributed by atoms with van der Waals surface area (Å²) in [4.78, 5) is 16.2. The predicted octanol–water partition coefficient (Wildman–Crippen LogP) is 0.982. The lowest BCUT2D eigenvalue weighted by Crippen LogP contribution is -2.73. The van der Waals surface area contributed by atoms with Gasteiger partial charge in [-0.15, -0.1) is 0 Å². The van der Waals surface area contributed by atoms with Gasteiger partial charge in [0.15, 0.2) is 0 Å². The van der Waals surface area contributed by atoms with E-state index in [0.717, 1.165) is 45.2 Å². The maximum atomic E-state index is 11.9. The molecule has 3 aliphatic rings. The molecule has 5 nitrogen and oxygen atoms in total. The summed E-state index contributed by atoms with van der Waals surface area (Å²) in [5, 5.41) is 0. The van der Waals surface area contributed by atoms with Crippen LogP contribution in [0.3, 0.4) is 0 Å². The second-order valence-corrected chi connectivity index (χ2v) is 7.17. The van der Waals surface area contributed by atoms with Gasteiger partial charge in [-0.1, -0.05) is 0 Å². The van der Waals surface area contributed by atoms with Gasteiger partial charge in [0, 0.05) is 33.4 Å². The Balaban J connectivity index is 1.46. The molecule has 0 radical (unpaired) electrons. The van der Waals surface area contributed by atoms with E-state index in [0.29, 0.717) is 5.92 Å². The highest BCUT2D eigenvalue weighted by Gasteiger charge is 2.50. The summed E-state index contributed by atoms with van der Waals surface area (Å²) >= 11 is 0. The normalized spacial score (nSPS) is 28.7. The molecule has 0 aromatic carbocycles. The maximum absolute atomic E-state index is 11.9.